The number of ether oxygens (including phenoxy) is 2. The van der Waals surface area contributed by atoms with Gasteiger partial charge < -0.3 is 9.47 Å². The molecule has 11 heteroatoms. The molecule has 8 nitrogen and oxygen atoms in total. The van der Waals surface area contributed by atoms with Crippen molar-refractivity contribution in [3.63, 3.8) is 0 Å². The Morgan fingerprint density at radius 2 is 1.70 bits per heavy atom. The standard InChI is InChI=1S/C32H31BrClN3O5S/c1-4-24-9-6-8-12-29(24)37(43(39,40)26-15-13-22(2)14-16-26)20-31(38)36-35-19-23-17-27(33)32(30(18-23)41-3)42-21-25-10-5-7-11-28(25)34/h5-19H,4,20-21H2,1-3H3,(H,36,38)/b35-19-. The first-order valence-corrected chi connectivity index (χ1v) is 16.0. The van der Waals surface area contributed by atoms with Crippen molar-refractivity contribution >= 4 is 55.4 Å². The number of carbonyl (C=O) groups is 1. The lowest BCUT2D eigenvalue weighted by atomic mass is 10.1. The highest BCUT2D eigenvalue weighted by molar-refractivity contribution is 9.10. The smallest absolute Gasteiger partial charge is 0.264 e. The fourth-order valence-corrected chi connectivity index (χ4v) is 6.48. The molecule has 0 fully saturated rings. The number of aryl methyl sites for hydroxylation is 2. The number of rotatable bonds is 12. The molecular weight excluding hydrogens is 654 g/mol. The third-order valence-corrected chi connectivity index (χ3v) is 9.25. The first-order chi connectivity index (χ1) is 20.6. The zero-order valence-electron chi connectivity index (χ0n) is 23.9. The number of halogens is 2. The van der Waals surface area contributed by atoms with E-state index in [0.29, 0.717) is 38.7 Å². The summed E-state index contributed by atoms with van der Waals surface area (Å²) < 4.78 is 40.6. The lowest BCUT2D eigenvalue weighted by Gasteiger charge is -2.25. The second-order valence-electron chi connectivity index (χ2n) is 9.51. The molecule has 1 N–H and O–H groups in total. The molecule has 43 heavy (non-hydrogen) atoms. The van der Waals surface area contributed by atoms with E-state index in [4.69, 9.17) is 21.1 Å². The Bertz CT molecular complexity index is 1730. The van der Waals surface area contributed by atoms with Crippen LogP contribution in [0.4, 0.5) is 5.69 Å². The van der Waals surface area contributed by atoms with E-state index in [1.807, 2.05) is 44.2 Å². The lowest BCUT2D eigenvalue weighted by Crippen LogP contribution is -2.40. The minimum atomic E-state index is -4.05. The number of hydrogen-bond donors (Lipinski definition) is 1. The normalized spacial score (nSPS) is 11.4. The summed E-state index contributed by atoms with van der Waals surface area (Å²) in [6, 6.07) is 24.5. The molecule has 0 saturated carbocycles. The molecule has 4 aromatic carbocycles. The Kier molecular flexibility index (Phi) is 10.8. The number of nitrogens with one attached hydrogen (secondary N) is 1. The number of para-hydroxylation sites is 1. The predicted molar refractivity (Wildman–Crippen MR) is 174 cm³/mol. The summed E-state index contributed by atoms with van der Waals surface area (Å²) in [5, 5.41) is 4.67. The first-order valence-electron chi connectivity index (χ1n) is 13.4. The van der Waals surface area contributed by atoms with Crippen LogP contribution >= 0.6 is 27.5 Å². The maximum Gasteiger partial charge on any atom is 0.264 e. The van der Waals surface area contributed by atoms with Crippen LogP contribution in [-0.2, 0) is 27.8 Å². The largest absolute Gasteiger partial charge is 0.493 e. The van der Waals surface area contributed by atoms with Crippen LogP contribution < -0.4 is 19.2 Å². The number of carbonyl (C=O) groups excluding carboxylic acids is 1. The highest BCUT2D eigenvalue weighted by Gasteiger charge is 2.28. The average Bonchev–Trinajstić information content (AvgIpc) is 3.00. The van der Waals surface area contributed by atoms with Gasteiger partial charge in [-0.05, 0) is 76.8 Å². The zero-order valence-corrected chi connectivity index (χ0v) is 27.0. The number of hydrazone groups is 1. The van der Waals surface area contributed by atoms with E-state index in [2.05, 4.69) is 26.5 Å². The molecule has 0 radical (unpaired) electrons. The van der Waals surface area contributed by atoms with Crippen LogP contribution in [0.3, 0.4) is 0 Å². The molecular formula is C32H31BrClN3O5S. The van der Waals surface area contributed by atoms with Crippen molar-refractivity contribution in [1.82, 2.24) is 5.43 Å². The van der Waals surface area contributed by atoms with Crippen molar-refractivity contribution < 1.29 is 22.7 Å². The fourth-order valence-electron chi connectivity index (χ4n) is 4.25. The van der Waals surface area contributed by atoms with E-state index in [9.17, 15) is 13.2 Å². The Labute approximate surface area is 265 Å². The van der Waals surface area contributed by atoms with E-state index in [1.165, 1.54) is 25.5 Å². The molecule has 0 atom stereocenters. The molecule has 4 rings (SSSR count). The summed E-state index contributed by atoms with van der Waals surface area (Å²) in [5.41, 5.74) is 6.04. The van der Waals surface area contributed by atoms with Crippen molar-refractivity contribution in [3.05, 3.63) is 117 Å². The van der Waals surface area contributed by atoms with E-state index in [0.717, 1.165) is 21.0 Å². The zero-order chi connectivity index (χ0) is 31.0. The van der Waals surface area contributed by atoms with Crippen LogP contribution in [0, 0.1) is 6.92 Å². The van der Waals surface area contributed by atoms with Crippen molar-refractivity contribution in [2.45, 2.75) is 31.8 Å². The van der Waals surface area contributed by atoms with Crippen molar-refractivity contribution in [1.29, 1.82) is 0 Å². The summed E-state index contributed by atoms with van der Waals surface area (Å²) >= 11 is 9.76. The number of benzene rings is 4. The molecule has 0 spiro atoms. The SMILES string of the molecule is CCc1ccccc1N(CC(=O)N/N=C\c1cc(Br)c(OCc2ccccc2Cl)c(OC)c1)S(=O)(=O)c1ccc(C)cc1. The summed E-state index contributed by atoms with van der Waals surface area (Å²) in [6.45, 7) is 3.58. The van der Waals surface area contributed by atoms with Gasteiger partial charge in [-0.1, -0.05) is 72.6 Å². The van der Waals surface area contributed by atoms with Gasteiger partial charge in [0.2, 0.25) is 0 Å². The summed E-state index contributed by atoms with van der Waals surface area (Å²) in [7, 11) is -2.53. The van der Waals surface area contributed by atoms with Crippen LogP contribution in [0.5, 0.6) is 11.5 Å². The summed E-state index contributed by atoms with van der Waals surface area (Å²) in [4.78, 5) is 13.1. The van der Waals surface area contributed by atoms with Crippen LogP contribution in [0.25, 0.3) is 0 Å². The number of anilines is 1. The Morgan fingerprint density at radius 1 is 1.02 bits per heavy atom. The minimum Gasteiger partial charge on any atom is -0.493 e. The van der Waals surface area contributed by atoms with Gasteiger partial charge in [0.1, 0.15) is 13.2 Å². The van der Waals surface area contributed by atoms with Gasteiger partial charge in [-0.2, -0.15) is 5.10 Å². The average molecular weight is 685 g/mol. The van der Waals surface area contributed by atoms with Crippen LogP contribution in [0.1, 0.15) is 29.2 Å². The number of amides is 1. The highest BCUT2D eigenvalue weighted by Crippen LogP contribution is 2.37. The van der Waals surface area contributed by atoms with E-state index in [1.54, 1.807) is 42.5 Å². The van der Waals surface area contributed by atoms with Gasteiger partial charge in [0.25, 0.3) is 15.9 Å². The molecule has 0 aromatic heterocycles. The van der Waals surface area contributed by atoms with E-state index in [-0.39, 0.29) is 11.5 Å². The Balaban J connectivity index is 1.52. The molecule has 4 aromatic rings. The van der Waals surface area contributed by atoms with Crippen molar-refractivity contribution in [2.24, 2.45) is 5.10 Å². The van der Waals surface area contributed by atoms with Gasteiger partial charge in [0.05, 0.1) is 28.4 Å². The summed E-state index contributed by atoms with van der Waals surface area (Å²) in [6.07, 6.45) is 2.02. The molecule has 0 unspecified atom stereocenters. The third kappa shape index (κ3) is 7.95. The Hall–Kier alpha value is -3.86. The topological polar surface area (TPSA) is 97.3 Å². The molecule has 1 amide bonds. The number of methoxy groups -OCH3 is 1. The van der Waals surface area contributed by atoms with Crippen LogP contribution in [0.2, 0.25) is 5.02 Å². The predicted octanol–water partition coefficient (Wildman–Crippen LogP) is 6.91. The number of sulfonamides is 1. The van der Waals surface area contributed by atoms with Gasteiger partial charge in [-0.3, -0.25) is 9.10 Å². The molecule has 0 bridgehead atoms. The van der Waals surface area contributed by atoms with E-state index >= 15 is 0 Å². The van der Waals surface area contributed by atoms with Gasteiger partial charge in [-0.25, -0.2) is 13.8 Å². The fraction of sp³-hybridized carbons (Fsp3) is 0.188. The van der Waals surface area contributed by atoms with E-state index < -0.39 is 22.5 Å². The van der Waals surface area contributed by atoms with Gasteiger partial charge in [-0.15, -0.1) is 0 Å². The van der Waals surface area contributed by atoms with Gasteiger partial charge in [0.15, 0.2) is 11.5 Å². The maximum absolute atomic E-state index is 13.7. The van der Waals surface area contributed by atoms with Crippen LogP contribution in [0.15, 0.2) is 99.4 Å². The first kappa shape index (κ1) is 32.1. The lowest BCUT2D eigenvalue weighted by molar-refractivity contribution is -0.119. The monoisotopic (exact) mass is 683 g/mol. The molecule has 0 aliphatic rings. The number of nitrogens with zero attached hydrogens (tertiary/aromatic N) is 2. The molecule has 0 aliphatic heterocycles. The number of hydrogen-bond acceptors (Lipinski definition) is 6. The molecule has 0 heterocycles. The molecule has 224 valence electrons. The summed E-state index contributed by atoms with van der Waals surface area (Å²) in [5.74, 6) is 0.319. The van der Waals surface area contributed by atoms with Gasteiger partial charge in [0, 0.05) is 10.6 Å². The van der Waals surface area contributed by atoms with Gasteiger partial charge >= 0.3 is 0 Å². The second kappa shape index (κ2) is 14.5. The molecule has 0 aliphatic carbocycles. The molecule has 0 saturated heterocycles. The van der Waals surface area contributed by atoms with Crippen molar-refractivity contribution in [2.75, 3.05) is 18.0 Å². The third-order valence-electron chi connectivity index (χ3n) is 6.52. The quantitative estimate of drug-likeness (QED) is 0.129. The maximum atomic E-state index is 13.7. The van der Waals surface area contributed by atoms with Crippen molar-refractivity contribution in [3.8, 4) is 11.5 Å². The van der Waals surface area contributed by atoms with Crippen LogP contribution in [-0.4, -0.2) is 34.2 Å². The Morgan fingerprint density at radius 3 is 2.37 bits per heavy atom. The second-order valence-corrected chi connectivity index (χ2v) is 12.6. The minimum absolute atomic E-state index is 0.0918. The highest BCUT2D eigenvalue weighted by atomic mass is 79.9.